The molecule has 0 unspecified atom stereocenters. The number of aryl methyl sites for hydroxylation is 1. The van der Waals surface area contributed by atoms with Crippen LogP contribution in [0.25, 0.3) is 0 Å². The Hall–Kier alpha value is -2.21. The Bertz CT molecular complexity index is 867. The Labute approximate surface area is 169 Å². The van der Waals surface area contributed by atoms with E-state index in [1.807, 2.05) is 40.9 Å². The van der Waals surface area contributed by atoms with Gasteiger partial charge in [0, 0.05) is 31.5 Å². The third kappa shape index (κ3) is 3.58. The van der Waals surface area contributed by atoms with Crippen LogP contribution in [-0.2, 0) is 17.6 Å². The molecule has 0 aliphatic carbocycles. The highest BCUT2D eigenvalue weighted by Gasteiger charge is 2.51. The molecule has 0 bridgehead atoms. The van der Waals surface area contributed by atoms with Crippen molar-refractivity contribution in [1.29, 1.82) is 0 Å². The van der Waals surface area contributed by atoms with E-state index in [2.05, 4.69) is 11.1 Å². The minimum Gasteiger partial charge on any atom is -0.493 e. The first-order chi connectivity index (χ1) is 13.7. The molecule has 2 aromatic rings. The normalized spacial score (nSPS) is 22.3. The minimum absolute atomic E-state index is 0.173. The summed E-state index contributed by atoms with van der Waals surface area (Å²) in [5.41, 5.74) is 2.32. The lowest BCUT2D eigenvalue weighted by molar-refractivity contribution is -0.135. The molecule has 3 aliphatic heterocycles. The highest BCUT2D eigenvalue weighted by Crippen LogP contribution is 2.46. The van der Waals surface area contributed by atoms with Crippen molar-refractivity contribution >= 4 is 17.7 Å². The maximum absolute atomic E-state index is 12.7. The average molecular weight is 397 g/mol. The molecule has 1 atom stereocenters. The Kier molecular flexibility index (Phi) is 4.67. The first-order valence-corrected chi connectivity index (χ1v) is 10.9. The molecule has 2 saturated heterocycles. The molecule has 1 aromatic heterocycles. The van der Waals surface area contributed by atoms with Gasteiger partial charge >= 0.3 is 0 Å². The molecule has 5 rings (SSSR count). The van der Waals surface area contributed by atoms with Crippen molar-refractivity contribution in [1.82, 2.24) is 9.88 Å². The van der Waals surface area contributed by atoms with Gasteiger partial charge < -0.3 is 14.4 Å². The number of ether oxygens (including phenoxy) is 2. The predicted molar refractivity (Wildman–Crippen MR) is 109 cm³/mol. The number of hydrogen-bond donors (Lipinski definition) is 0. The van der Waals surface area contributed by atoms with Crippen molar-refractivity contribution in [2.24, 2.45) is 0 Å². The van der Waals surface area contributed by atoms with Crippen molar-refractivity contribution in [2.75, 3.05) is 25.4 Å². The van der Waals surface area contributed by atoms with Gasteiger partial charge in [-0.05, 0) is 42.2 Å². The summed E-state index contributed by atoms with van der Waals surface area (Å²) in [4.78, 5) is 18.8. The molecule has 146 valence electrons. The molecule has 28 heavy (non-hydrogen) atoms. The topological polar surface area (TPSA) is 51.7 Å². The number of likely N-dealkylation sites (tertiary alicyclic amines) is 1. The number of rotatable bonds is 4. The molecular weight excluding hydrogens is 372 g/mol. The van der Waals surface area contributed by atoms with Gasteiger partial charge in [-0.15, -0.1) is 11.8 Å². The lowest BCUT2D eigenvalue weighted by Crippen LogP contribution is -2.61. The van der Waals surface area contributed by atoms with Gasteiger partial charge in [-0.3, -0.25) is 9.78 Å². The van der Waals surface area contributed by atoms with Crippen LogP contribution in [0.5, 0.6) is 11.5 Å². The predicted octanol–water partition coefficient (Wildman–Crippen LogP) is 3.11. The molecule has 3 aliphatic rings. The molecule has 5 nitrogen and oxygen atoms in total. The fourth-order valence-electron chi connectivity index (χ4n) is 4.34. The molecule has 1 spiro atoms. The highest BCUT2D eigenvalue weighted by atomic mass is 32.2. The number of nitrogens with zero attached hydrogens (tertiary/aromatic N) is 2. The summed E-state index contributed by atoms with van der Waals surface area (Å²) in [7, 11) is 0. The number of aromatic nitrogens is 1. The van der Waals surface area contributed by atoms with Gasteiger partial charge in [-0.25, -0.2) is 0 Å². The van der Waals surface area contributed by atoms with E-state index in [0.717, 1.165) is 61.8 Å². The van der Waals surface area contributed by atoms with Crippen molar-refractivity contribution in [3.63, 3.8) is 0 Å². The second-order valence-corrected chi connectivity index (χ2v) is 9.44. The number of thioether (sulfide) groups is 1. The van der Waals surface area contributed by atoms with Gasteiger partial charge in [0.25, 0.3) is 0 Å². The molecule has 6 heteroatoms. The van der Waals surface area contributed by atoms with E-state index < -0.39 is 0 Å². The lowest BCUT2D eigenvalue weighted by Gasteiger charge is -2.47. The van der Waals surface area contributed by atoms with Crippen LogP contribution in [-0.4, -0.2) is 52.1 Å². The van der Waals surface area contributed by atoms with Crippen molar-refractivity contribution in [2.45, 2.75) is 36.5 Å². The Morgan fingerprint density at radius 1 is 1.36 bits per heavy atom. The number of carbonyl (C=O) groups is 1. The van der Waals surface area contributed by atoms with Crippen molar-refractivity contribution in [3.05, 3.63) is 53.9 Å². The van der Waals surface area contributed by atoms with Gasteiger partial charge in [-0.2, -0.15) is 0 Å². The quantitative estimate of drug-likeness (QED) is 0.795. The standard InChI is InChI=1S/C22H24N2O3S/c25-21(10-16-5-6-20-17(9-16)3-2-8-26-20)24-14-22(15-24)11-19(13-28-22)27-18-4-1-7-23-12-18/h1,4-7,9,12,19H,2-3,8,10-11,13-15H2/t19-/m0/s1. The molecule has 2 fully saturated rings. The van der Waals surface area contributed by atoms with Gasteiger partial charge in [-0.1, -0.05) is 12.1 Å². The van der Waals surface area contributed by atoms with E-state index in [4.69, 9.17) is 9.47 Å². The zero-order chi connectivity index (χ0) is 19.0. The summed E-state index contributed by atoms with van der Waals surface area (Å²) in [6.45, 7) is 2.46. The van der Waals surface area contributed by atoms with E-state index >= 15 is 0 Å². The largest absolute Gasteiger partial charge is 0.493 e. The number of pyridine rings is 1. The molecule has 1 aromatic carbocycles. The van der Waals surface area contributed by atoms with Gasteiger partial charge in [0.15, 0.2) is 0 Å². The number of carbonyl (C=O) groups excluding carboxylic acids is 1. The lowest BCUT2D eigenvalue weighted by atomic mass is 9.92. The highest BCUT2D eigenvalue weighted by molar-refractivity contribution is 8.01. The van der Waals surface area contributed by atoms with Crippen LogP contribution in [0.2, 0.25) is 0 Å². The number of hydrogen-bond acceptors (Lipinski definition) is 5. The van der Waals surface area contributed by atoms with E-state index in [1.165, 1.54) is 5.56 Å². The van der Waals surface area contributed by atoms with Gasteiger partial charge in [0.2, 0.25) is 5.91 Å². The summed E-state index contributed by atoms with van der Waals surface area (Å²) in [5.74, 6) is 3.00. The fourth-order valence-corrected chi connectivity index (χ4v) is 5.87. The second-order valence-electron chi connectivity index (χ2n) is 7.95. The van der Waals surface area contributed by atoms with Crippen LogP contribution in [0, 0.1) is 0 Å². The van der Waals surface area contributed by atoms with Crippen LogP contribution >= 0.6 is 11.8 Å². The first kappa shape index (κ1) is 17.9. The van der Waals surface area contributed by atoms with E-state index in [9.17, 15) is 4.79 Å². The van der Waals surface area contributed by atoms with Crippen molar-refractivity contribution < 1.29 is 14.3 Å². The van der Waals surface area contributed by atoms with Crippen LogP contribution in [0.4, 0.5) is 0 Å². The number of amides is 1. The molecule has 0 radical (unpaired) electrons. The average Bonchev–Trinajstić information content (AvgIpc) is 3.12. The monoisotopic (exact) mass is 396 g/mol. The smallest absolute Gasteiger partial charge is 0.227 e. The summed E-state index contributed by atoms with van der Waals surface area (Å²) >= 11 is 1.95. The maximum Gasteiger partial charge on any atom is 0.227 e. The minimum atomic E-state index is 0.173. The molecule has 0 saturated carbocycles. The third-order valence-corrected chi connectivity index (χ3v) is 7.33. The van der Waals surface area contributed by atoms with E-state index in [1.54, 1.807) is 12.4 Å². The summed E-state index contributed by atoms with van der Waals surface area (Å²) in [6.07, 6.45) is 7.28. The Morgan fingerprint density at radius 2 is 2.29 bits per heavy atom. The van der Waals surface area contributed by atoms with Gasteiger partial charge in [0.1, 0.15) is 17.6 Å². The van der Waals surface area contributed by atoms with Gasteiger partial charge in [0.05, 0.1) is 24.0 Å². The Morgan fingerprint density at radius 3 is 3.14 bits per heavy atom. The third-order valence-electron chi connectivity index (χ3n) is 5.75. The molecule has 0 N–H and O–H groups in total. The summed E-state index contributed by atoms with van der Waals surface area (Å²) in [5, 5.41) is 0. The van der Waals surface area contributed by atoms with E-state index in [-0.39, 0.29) is 16.8 Å². The molecule has 4 heterocycles. The fraction of sp³-hybridized carbons (Fsp3) is 0.455. The van der Waals surface area contributed by atoms with Crippen LogP contribution in [0.1, 0.15) is 24.0 Å². The van der Waals surface area contributed by atoms with Crippen molar-refractivity contribution in [3.8, 4) is 11.5 Å². The second kappa shape index (κ2) is 7.32. The first-order valence-electron chi connectivity index (χ1n) is 9.92. The van der Waals surface area contributed by atoms with E-state index in [0.29, 0.717) is 6.42 Å². The summed E-state index contributed by atoms with van der Waals surface area (Å²) < 4.78 is 11.9. The number of fused-ring (bicyclic) bond motifs is 1. The molecule has 1 amide bonds. The molecular formula is C22H24N2O3S. The van der Waals surface area contributed by atoms with Crippen LogP contribution in [0.3, 0.4) is 0 Å². The van der Waals surface area contributed by atoms with Crippen LogP contribution in [0.15, 0.2) is 42.7 Å². The zero-order valence-corrected chi connectivity index (χ0v) is 16.6. The maximum atomic E-state index is 12.7. The SMILES string of the molecule is O=C(Cc1ccc2c(c1)CCCO2)N1CC2(C[C@H](Oc3cccnc3)CS2)C1. The number of benzene rings is 1. The summed E-state index contributed by atoms with van der Waals surface area (Å²) in [6, 6.07) is 10.0. The van der Waals surface area contributed by atoms with Crippen LogP contribution < -0.4 is 9.47 Å². The Balaban J connectivity index is 1.14. The zero-order valence-electron chi connectivity index (χ0n) is 15.8.